The number of benzene rings is 1. The van der Waals surface area contributed by atoms with Gasteiger partial charge in [-0.05, 0) is 60.0 Å². The maximum Gasteiger partial charge on any atom is 0.328 e. The Morgan fingerprint density at radius 3 is 2.62 bits per heavy atom. The second-order valence-electron chi connectivity index (χ2n) is 4.30. The van der Waals surface area contributed by atoms with Gasteiger partial charge in [0.15, 0.2) is 11.0 Å². The number of carbonyl (C=O) groups is 2. The molecule has 0 fully saturated rings. The summed E-state index contributed by atoms with van der Waals surface area (Å²) in [5, 5.41) is 11.4. The van der Waals surface area contributed by atoms with Crippen molar-refractivity contribution < 1.29 is 19.1 Å². The highest BCUT2D eigenvalue weighted by Gasteiger charge is 2.11. The van der Waals surface area contributed by atoms with E-state index in [0.717, 1.165) is 17.2 Å². The molecular weight excluding hydrogens is 294 g/mol. The largest absolute Gasteiger partial charge is 0.478 e. The summed E-state index contributed by atoms with van der Waals surface area (Å²) < 4.78 is 5.02. The minimum absolute atomic E-state index is 0.120. The van der Waals surface area contributed by atoms with Gasteiger partial charge in [-0.1, -0.05) is 6.07 Å². The second-order valence-corrected chi connectivity index (χ2v) is 4.68. The van der Waals surface area contributed by atoms with Crippen LogP contribution in [0.5, 0.6) is 0 Å². The highest BCUT2D eigenvalue weighted by atomic mass is 35.5. The Hall–Kier alpha value is -2.53. The topological polar surface area (TPSA) is 79.5 Å². The molecule has 1 amide bonds. The highest BCUT2D eigenvalue weighted by Crippen LogP contribution is 2.20. The van der Waals surface area contributed by atoms with Gasteiger partial charge in [-0.15, -0.1) is 0 Å². The van der Waals surface area contributed by atoms with Crippen molar-refractivity contribution in [1.82, 2.24) is 0 Å². The number of amides is 1. The summed E-state index contributed by atoms with van der Waals surface area (Å²) in [6.45, 7) is 1.81. The van der Waals surface area contributed by atoms with Gasteiger partial charge in [0, 0.05) is 11.8 Å². The zero-order valence-electron chi connectivity index (χ0n) is 11.1. The van der Waals surface area contributed by atoms with Crippen molar-refractivity contribution in [2.45, 2.75) is 6.92 Å². The Morgan fingerprint density at radius 1 is 1.29 bits per heavy atom. The smallest absolute Gasteiger partial charge is 0.328 e. The number of aliphatic carboxylic acids is 1. The van der Waals surface area contributed by atoms with Gasteiger partial charge in [-0.3, -0.25) is 4.79 Å². The third kappa shape index (κ3) is 3.97. The number of hydrogen-bond acceptors (Lipinski definition) is 3. The van der Waals surface area contributed by atoms with E-state index in [-0.39, 0.29) is 11.0 Å². The van der Waals surface area contributed by atoms with Crippen molar-refractivity contribution >= 4 is 35.2 Å². The van der Waals surface area contributed by atoms with Gasteiger partial charge >= 0.3 is 5.97 Å². The van der Waals surface area contributed by atoms with Gasteiger partial charge in [0.05, 0.1) is 0 Å². The van der Waals surface area contributed by atoms with E-state index in [4.69, 9.17) is 21.1 Å². The predicted molar refractivity (Wildman–Crippen MR) is 79.5 cm³/mol. The van der Waals surface area contributed by atoms with Crippen LogP contribution in [0.1, 0.15) is 21.7 Å². The van der Waals surface area contributed by atoms with Crippen molar-refractivity contribution in [3.8, 4) is 0 Å². The van der Waals surface area contributed by atoms with E-state index in [1.54, 1.807) is 18.2 Å². The molecule has 0 aliphatic heterocycles. The molecule has 0 atom stereocenters. The molecule has 2 N–H and O–H groups in total. The van der Waals surface area contributed by atoms with Crippen LogP contribution in [-0.4, -0.2) is 17.0 Å². The number of anilines is 1. The first-order chi connectivity index (χ1) is 9.95. The van der Waals surface area contributed by atoms with E-state index in [1.165, 1.54) is 18.2 Å². The molecule has 1 heterocycles. The summed E-state index contributed by atoms with van der Waals surface area (Å²) in [5.41, 5.74) is 2.14. The summed E-state index contributed by atoms with van der Waals surface area (Å²) in [5.74, 6) is -1.30. The van der Waals surface area contributed by atoms with Crippen molar-refractivity contribution in [2.75, 3.05) is 5.32 Å². The summed E-state index contributed by atoms with van der Waals surface area (Å²) in [7, 11) is 0. The molecule has 5 nitrogen and oxygen atoms in total. The van der Waals surface area contributed by atoms with E-state index < -0.39 is 11.9 Å². The normalized spacial score (nSPS) is 10.8. The Bertz CT molecular complexity index is 718. The Labute approximate surface area is 125 Å². The van der Waals surface area contributed by atoms with Crippen LogP contribution < -0.4 is 5.32 Å². The number of carbonyl (C=O) groups excluding carboxylic acids is 1. The van der Waals surface area contributed by atoms with Crippen LogP contribution in [0.25, 0.3) is 6.08 Å². The number of carboxylic acids is 1. The Balaban J connectivity index is 2.14. The quantitative estimate of drug-likeness (QED) is 0.846. The molecular formula is C15H12ClNO4. The van der Waals surface area contributed by atoms with Crippen LogP contribution in [0.2, 0.25) is 5.22 Å². The maximum absolute atomic E-state index is 11.9. The first-order valence-corrected chi connectivity index (χ1v) is 6.42. The third-order valence-electron chi connectivity index (χ3n) is 2.71. The average molecular weight is 306 g/mol. The molecule has 0 bridgehead atoms. The van der Waals surface area contributed by atoms with E-state index >= 15 is 0 Å². The summed E-state index contributed by atoms with van der Waals surface area (Å²) in [6.07, 6.45) is 2.53. The second kappa shape index (κ2) is 6.28. The van der Waals surface area contributed by atoms with Crippen molar-refractivity contribution in [2.24, 2.45) is 0 Å². The molecule has 1 aromatic carbocycles. The molecule has 2 rings (SSSR count). The fourth-order valence-corrected chi connectivity index (χ4v) is 1.86. The minimum Gasteiger partial charge on any atom is -0.478 e. The number of furan rings is 1. The average Bonchev–Trinajstić information content (AvgIpc) is 2.86. The maximum atomic E-state index is 11.9. The molecule has 21 heavy (non-hydrogen) atoms. The summed E-state index contributed by atoms with van der Waals surface area (Å²) in [4.78, 5) is 22.4. The molecule has 0 saturated heterocycles. The zero-order chi connectivity index (χ0) is 15.4. The van der Waals surface area contributed by atoms with Crippen LogP contribution in [-0.2, 0) is 4.79 Å². The molecule has 0 radical (unpaired) electrons. The van der Waals surface area contributed by atoms with Gasteiger partial charge in [-0.25, -0.2) is 4.79 Å². The van der Waals surface area contributed by atoms with Crippen LogP contribution in [0.4, 0.5) is 5.69 Å². The molecule has 0 saturated carbocycles. The number of rotatable bonds is 4. The molecule has 1 aromatic heterocycles. The first-order valence-electron chi connectivity index (χ1n) is 6.04. The van der Waals surface area contributed by atoms with Crippen molar-refractivity contribution in [3.05, 3.63) is 58.5 Å². The van der Waals surface area contributed by atoms with E-state index in [2.05, 4.69) is 5.32 Å². The van der Waals surface area contributed by atoms with Gasteiger partial charge < -0.3 is 14.8 Å². The van der Waals surface area contributed by atoms with Crippen molar-refractivity contribution in [1.29, 1.82) is 0 Å². The lowest BCUT2D eigenvalue weighted by molar-refractivity contribution is -0.131. The number of nitrogens with one attached hydrogen (secondary N) is 1. The van der Waals surface area contributed by atoms with E-state index in [0.29, 0.717) is 5.69 Å². The Kier molecular flexibility index (Phi) is 4.45. The van der Waals surface area contributed by atoms with Crippen LogP contribution in [0.3, 0.4) is 0 Å². The third-order valence-corrected chi connectivity index (χ3v) is 2.92. The van der Waals surface area contributed by atoms with Gasteiger partial charge in [0.1, 0.15) is 0 Å². The molecule has 0 spiro atoms. The van der Waals surface area contributed by atoms with Crippen molar-refractivity contribution in [3.63, 3.8) is 0 Å². The number of halogens is 1. The minimum atomic E-state index is -1.01. The van der Waals surface area contributed by atoms with Crippen LogP contribution >= 0.6 is 11.6 Å². The van der Waals surface area contributed by atoms with Crippen LogP contribution in [0, 0.1) is 6.92 Å². The summed E-state index contributed by atoms with van der Waals surface area (Å²) >= 11 is 5.62. The number of hydrogen-bond donors (Lipinski definition) is 2. The Morgan fingerprint density at radius 2 is 2.05 bits per heavy atom. The van der Waals surface area contributed by atoms with Crippen LogP contribution in [0.15, 0.2) is 40.8 Å². The lowest BCUT2D eigenvalue weighted by Crippen LogP contribution is -2.11. The van der Waals surface area contributed by atoms with E-state index in [1.807, 2.05) is 6.92 Å². The van der Waals surface area contributed by atoms with Gasteiger partial charge in [-0.2, -0.15) is 0 Å². The molecule has 2 aromatic rings. The molecule has 0 aliphatic rings. The summed E-state index contributed by atoms with van der Waals surface area (Å²) in [6, 6.07) is 8.14. The lowest BCUT2D eigenvalue weighted by Gasteiger charge is -2.07. The number of aryl methyl sites for hydroxylation is 1. The first kappa shape index (κ1) is 14.9. The molecule has 0 aliphatic carbocycles. The fourth-order valence-electron chi connectivity index (χ4n) is 1.72. The fraction of sp³-hybridized carbons (Fsp3) is 0.0667. The number of carboxylic acid groups (broad SMARTS) is 1. The standard InChI is InChI=1S/C15H12ClNO4/c1-9-8-10(3-7-14(18)19)2-4-11(9)17-15(20)12-5-6-13(16)21-12/h2-8H,1H3,(H,17,20)(H,18,19). The molecule has 108 valence electrons. The highest BCUT2D eigenvalue weighted by molar-refractivity contribution is 6.29. The zero-order valence-corrected chi connectivity index (χ0v) is 11.8. The lowest BCUT2D eigenvalue weighted by atomic mass is 10.1. The van der Waals surface area contributed by atoms with E-state index in [9.17, 15) is 9.59 Å². The molecule has 6 heteroatoms. The monoisotopic (exact) mass is 305 g/mol. The SMILES string of the molecule is Cc1cc(C=CC(=O)O)ccc1NC(=O)c1ccc(Cl)o1. The molecule has 0 unspecified atom stereocenters. The van der Waals surface area contributed by atoms with Gasteiger partial charge in [0.2, 0.25) is 0 Å². The predicted octanol–water partition coefficient (Wildman–Crippen LogP) is 3.59. The van der Waals surface area contributed by atoms with Gasteiger partial charge in [0.25, 0.3) is 5.91 Å².